The summed E-state index contributed by atoms with van der Waals surface area (Å²) in [5, 5.41) is 9.62. The molecular weight excluding hydrogens is 257 g/mol. The van der Waals surface area contributed by atoms with Gasteiger partial charge in [-0.2, -0.15) is 0 Å². The molecule has 1 aromatic rings. The number of benzene rings is 1. The van der Waals surface area contributed by atoms with Crippen LogP contribution in [0.1, 0.15) is 24.0 Å². The van der Waals surface area contributed by atoms with Gasteiger partial charge in [0.1, 0.15) is 11.4 Å². The van der Waals surface area contributed by atoms with Crippen molar-refractivity contribution in [2.24, 2.45) is 11.7 Å². The summed E-state index contributed by atoms with van der Waals surface area (Å²) < 4.78 is 41.0. The van der Waals surface area contributed by atoms with Gasteiger partial charge in [0.15, 0.2) is 0 Å². The van der Waals surface area contributed by atoms with Gasteiger partial charge in [-0.05, 0) is 37.5 Å². The van der Waals surface area contributed by atoms with Gasteiger partial charge < -0.3 is 16.6 Å². The van der Waals surface area contributed by atoms with E-state index in [0.29, 0.717) is 12.8 Å². The summed E-state index contributed by atoms with van der Waals surface area (Å²) in [5.41, 5.74) is 9.20. The van der Waals surface area contributed by atoms with E-state index in [4.69, 9.17) is 11.5 Å². The molecule has 1 aromatic carbocycles. The number of hydrogen-bond donors (Lipinski definition) is 3. The molecule has 0 saturated heterocycles. The molecule has 5 N–H and O–H groups in total. The fourth-order valence-electron chi connectivity index (χ4n) is 2.63. The Hall–Kier alpha value is -1.27. The number of aliphatic hydroxyl groups is 1. The van der Waals surface area contributed by atoms with Gasteiger partial charge in [-0.15, -0.1) is 0 Å². The highest BCUT2D eigenvalue weighted by Gasteiger charge is 2.53. The van der Waals surface area contributed by atoms with E-state index in [9.17, 15) is 18.3 Å². The minimum Gasteiger partial charge on any atom is -0.399 e. The summed E-state index contributed by atoms with van der Waals surface area (Å²) in [6, 6.07) is 2.50. The highest BCUT2D eigenvalue weighted by Crippen LogP contribution is 2.46. The van der Waals surface area contributed by atoms with Crippen LogP contribution in [0.5, 0.6) is 0 Å². The molecule has 0 amide bonds. The largest absolute Gasteiger partial charge is 0.399 e. The number of aliphatic hydroxyl groups excluding tert-OH is 1. The average Bonchev–Trinajstić information content (AvgIpc) is 2.31. The van der Waals surface area contributed by atoms with E-state index in [1.165, 1.54) is 13.0 Å². The molecule has 0 aliphatic heterocycles. The number of nitrogens with two attached hydrogens (primary N) is 2. The minimum atomic E-state index is -2.98. The molecule has 0 bridgehead atoms. The molecule has 0 spiro atoms. The van der Waals surface area contributed by atoms with E-state index >= 15 is 0 Å². The van der Waals surface area contributed by atoms with Crippen molar-refractivity contribution in [2.45, 2.75) is 37.8 Å². The second kappa shape index (κ2) is 4.68. The van der Waals surface area contributed by atoms with E-state index in [1.54, 1.807) is 0 Å². The molecule has 1 aliphatic rings. The topological polar surface area (TPSA) is 72.3 Å². The van der Waals surface area contributed by atoms with E-state index in [0.717, 1.165) is 6.07 Å². The Morgan fingerprint density at radius 1 is 1.37 bits per heavy atom. The van der Waals surface area contributed by atoms with Crippen LogP contribution in [0.4, 0.5) is 18.9 Å². The molecule has 19 heavy (non-hydrogen) atoms. The van der Waals surface area contributed by atoms with Gasteiger partial charge in [0, 0.05) is 17.2 Å². The van der Waals surface area contributed by atoms with Crippen molar-refractivity contribution >= 4 is 5.69 Å². The Morgan fingerprint density at radius 3 is 2.42 bits per heavy atom. The third-order valence-corrected chi connectivity index (χ3v) is 3.96. The number of aryl methyl sites for hydroxylation is 1. The highest BCUT2D eigenvalue weighted by atomic mass is 19.3. The van der Waals surface area contributed by atoms with Crippen LogP contribution in [0, 0.1) is 18.7 Å². The Bertz CT molecular complexity index is 495. The quantitative estimate of drug-likeness (QED) is 0.737. The molecular formula is C13H17F3N2O. The zero-order valence-electron chi connectivity index (χ0n) is 10.5. The van der Waals surface area contributed by atoms with Gasteiger partial charge in [0.25, 0.3) is 6.43 Å². The van der Waals surface area contributed by atoms with Crippen molar-refractivity contribution in [3.05, 3.63) is 29.1 Å². The zero-order chi connectivity index (χ0) is 14.4. The molecule has 0 aromatic heterocycles. The van der Waals surface area contributed by atoms with Crippen LogP contribution in [-0.4, -0.2) is 17.6 Å². The summed E-state index contributed by atoms with van der Waals surface area (Å²) in [7, 11) is 0. The maximum Gasteiger partial charge on any atom is 0.260 e. The zero-order valence-corrected chi connectivity index (χ0v) is 10.5. The molecule has 1 fully saturated rings. The predicted octanol–water partition coefficient (Wildman–Crippen LogP) is 1.91. The van der Waals surface area contributed by atoms with Crippen molar-refractivity contribution in [1.29, 1.82) is 0 Å². The van der Waals surface area contributed by atoms with Crippen LogP contribution in [0.15, 0.2) is 12.1 Å². The standard InChI is InChI=1S/C13H17F3N2O/c1-6-4-7(17)5-9(11(6)14)13(18,12(15)16)8-2-3-10(8)19/h4-5,8,10,12,19H,2-3,17-18H2,1H3. The normalized spacial score (nSPS) is 26.1. The molecule has 3 nitrogen and oxygen atoms in total. The Labute approximate surface area is 109 Å². The van der Waals surface area contributed by atoms with Crippen LogP contribution in [-0.2, 0) is 5.54 Å². The predicted molar refractivity (Wildman–Crippen MR) is 66.1 cm³/mol. The molecule has 0 radical (unpaired) electrons. The van der Waals surface area contributed by atoms with Gasteiger partial charge in [0.2, 0.25) is 0 Å². The molecule has 6 heteroatoms. The molecule has 3 unspecified atom stereocenters. The minimum absolute atomic E-state index is 0.166. The van der Waals surface area contributed by atoms with Gasteiger partial charge in [-0.25, -0.2) is 13.2 Å². The number of hydrogen-bond acceptors (Lipinski definition) is 3. The number of halogens is 3. The van der Waals surface area contributed by atoms with Crippen LogP contribution in [0.25, 0.3) is 0 Å². The Morgan fingerprint density at radius 2 is 2.00 bits per heavy atom. The van der Waals surface area contributed by atoms with Crippen molar-refractivity contribution in [3.63, 3.8) is 0 Å². The highest BCUT2D eigenvalue weighted by molar-refractivity contribution is 5.48. The second-order valence-corrected chi connectivity index (χ2v) is 5.18. The van der Waals surface area contributed by atoms with Gasteiger partial charge in [-0.1, -0.05) is 0 Å². The van der Waals surface area contributed by atoms with E-state index < -0.39 is 29.8 Å². The Kier molecular flexibility index (Phi) is 3.49. The van der Waals surface area contributed by atoms with Crippen LogP contribution in [0.2, 0.25) is 0 Å². The summed E-state index contributed by atoms with van der Waals surface area (Å²) in [6.07, 6.45) is -3.17. The lowest BCUT2D eigenvalue weighted by molar-refractivity contribution is -0.0836. The van der Waals surface area contributed by atoms with Gasteiger partial charge >= 0.3 is 0 Å². The maximum atomic E-state index is 14.1. The van der Waals surface area contributed by atoms with Crippen LogP contribution in [0.3, 0.4) is 0 Å². The molecule has 1 saturated carbocycles. The molecule has 2 rings (SSSR count). The smallest absolute Gasteiger partial charge is 0.260 e. The third kappa shape index (κ3) is 2.08. The first-order valence-electron chi connectivity index (χ1n) is 6.09. The SMILES string of the molecule is Cc1cc(N)cc(C(N)(C(F)F)C2CCC2O)c1F. The maximum absolute atomic E-state index is 14.1. The average molecular weight is 274 g/mol. The van der Waals surface area contributed by atoms with Crippen molar-refractivity contribution in [1.82, 2.24) is 0 Å². The molecule has 0 heterocycles. The summed E-state index contributed by atoms with van der Waals surface area (Å²) in [6.45, 7) is 1.44. The monoisotopic (exact) mass is 274 g/mol. The van der Waals surface area contributed by atoms with Gasteiger partial charge in [-0.3, -0.25) is 0 Å². The lowest BCUT2D eigenvalue weighted by atomic mass is 9.66. The molecule has 106 valence electrons. The summed E-state index contributed by atoms with van der Waals surface area (Å²) in [5.74, 6) is -1.64. The number of nitrogen functional groups attached to an aromatic ring is 1. The lowest BCUT2D eigenvalue weighted by Crippen LogP contribution is -2.58. The van der Waals surface area contributed by atoms with Gasteiger partial charge in [0.05, 0.1) is 6.10 Å². The first kappa shape index (κ1) is 14.1. The summed E-state index contributed by atoms with van der Waals surface area (Å²) in [4.78, 5) is 0. The van der Waals surface area contributed by atoms with E-state index in [2.05, 4.69) is 0 Å². The molecule has 3 atom stereocenters. The lowest BCUT2D eigenvalue weighted by Gasteiger charge is -2.45. The van der Waals surface area contributed by atoms with Crippen LogP contribution < -0.4 is 11.5 Å². The van der Waals surface area contributed by atoms with Crippen molar-refractivity contribution < 1.29 is 18.3 Å². The van der Waals surface area contributed by atoms with Crippen molar-refractivity contribution in [3.8, 4) is 0 Å². The fraction of sp³-hybridized carbons (Fsp3) is 0.538. The number of anilines is 1. The van der Waals surface area contributed by atoms with Crippen LogP contribution >= 0.6 is 0 Å². The first-order valence-corrected chi connectivity index (χ1v) is 6.09. The number of rotatable bonds is 3. The van der Waals surface area contributed by atoms with E-state index in [1.807, 2.05) is 0 Å². The number of alkyl halides is 2. The fourth-order valence-corrected chi connectivity index (χ4v) is 2.63. The molecule has 1 aliphatic carbocycles. The third-order valence-electron chi connectivity index (χ3n) is 3.96. The Balaban J connectivity index is 2.57. The second-order valence-electron chi connectivity index (χ2n) is 5.18. The summed E-state index contributed by atoms with van der Waals surface area (Å²) >= 11 is 0. The van der Waals surface area contributed by atoms with E-state index in [-0.39, 0.29) is 16.8 Å². The first-order chi connectivity index (χ1) is 8.78. The van der Waals surface area contributed by atoms with Crippen molar-refractivity contribution in [2.75, 3.05) is 5.73 Å².